The first-order valence-corrected chi connectivity index (χ1v) is 7.74. The Hall–Kier alpha value is -2.43. The lowest BCUT2D eigenvalue weighted by atomic mass is 9.96. The van der Waals surface area contributed by atoms with E-state index < -0.39 is 0 Å². The smallest absolute Gasteiger partial charge is 0.230 e. The van der Waals surface area contributed by atoms with Gasteiger partial charge in [-0.1, -0.05) is 35.5 Å². The minimum Gasteiger partial charge on any atom is -0.339 e. The van der Waals surface area contributed by atoms with Gasteiger partial charge in [0.25, 0.3) is 0 Å². The van der Waals surface area contributed by atoms with Crippen LogP contribution in [0.2, 0.25) is 0 Å². The first kappa shape index (κ1) is 13.2. The molecule has 0 bridgehead atoms. The molecule has 0 spiro atoms. The molecule has 0 radical (unpaired) electrons. The number of imidazole rings is 1. The molecule has 22 heavy (non-hydrogen) atoms. The van der Waals surface area contributed by atoms with Crippen LogP contribution < -0.4 is 0 Å². The van der Waals surface area contributed by atoms with Crippen LogP contribution in [0.3, 0.4) is 0 Å². The number of nitrogens with zero attached hydrogens (tertiary/aromatic N) is 4. The first-order chi connectivity index (χ1) is 10.9. The normalized spacial score (nSPS) is 17.4. The van der Waals surface area contributed by atoms with Gasteiger partial charge < -0.3 is 9.09 Å². The van der Waals surface area contributed by atoms with Gasteiger partial charge in [-0.25, -0.2) is 4.98 Å². The van der Waals surface area contributed by atoms with E-state index in [1.54, 1.807) is 0 Å². The van der Waals surface area contributed by atoms with Gasteiger partial charge >= 0.3 is 0 Å². The summed E-state index contributed by atoms with van der Waals surface area (Å²) in [5.41, 5.74) is 2.55. The quantitative estimate of drug-likeness (QED) is 0.742. The maximum atomic E-state index is 5.49. The highest BCUT2D eigenvalue weighted by Gasteiger charge is 2.24. The molecule has 0 fully saturated rings. The van der Waals surface area contributed by atoms with Crippen LogP contribution in [0.1, 0.15) is 35.3 Å². The molecule has 5 heteroatoms. The molecule has 0 N–H and O–H groups in total. The van der Waals surface area contributed by atoms with Crippen molar-refractivity contribution in [2.45, 2.75) is 38.1 Å². The lowest BCUT2D eigenvalue weighted by Crippen LogP contribution is -2.17. The molecule has 1 atom stereocenters. The molecule has 0 saturated heterocycles. The topological polar surface area (TPSA) is 56.7 Å². The predicted molar refractivity (Wildman–Crippen MR) is 81.4 cm³/mol. The number of hydrogen-bond donors (Lipinski definition) is 0. The first-order valence-electron chi connectivity index (χ1n) is 7.74. The molecule has 112 valence electrons. The maximum absolute atomic E-state index is 5.49. The van der Waals surface area contributed by atoms with Gasteiger partial charge in [-0.3, -0.25) is 0 Å². The Balaban J connectivity index is 1.42. The van der Waals surface area contributed by atoms with E-state index >= 15 is 0 Å². The molecule has 5 nitrogen and oxygen atoms in total. The van der Waals surface area contributed by atoms with Gasteiger partial charge in [0.1, 0.15) is 0 Å². The Kier molecular flexibility index (Phi) is 3.46. The van der Waals surface area contributed by atoms with Crippen molar-refractivity contribution < 1.29 is 4.52 Å². The highest BCUT2D eigenvalue weighted by molar-refractivity contribution is 5.15. The number of fused-ring (bicyclic) bond motifs is 1. The third-order valence-electron chi connectivity index (χ3n) is 4.29. The molecule has 0 saturated carbocycles. The van der Waals surface area contributed by atoms with Crippen molar-refractivity contribution in [3.8, 4) is 0 Å². The second-order valence-electron chi connectivity index (χ2n) is 5.80. The SMILES string of the molecule is c1ccc(CCc2noc(C3CCn4cncc4C3)n2)cc1. The van der Waals surface area contributed by atoms with Crippen LogP contribution in [0, 0.1) is 0 Å². The van der Waals surface area contributed by atoms with E-state index in [-0.39, 0.29) is 0 Å². The van der Waals surface area contributed by atoms with Crippen molar-refractivity contribution in [3.05, 3.63) is 65.8 Å². The van der Waals surface area contributed by atoms with E-state index in [4.69, 9.17) is 4.52 Å². The number of benzene rings is 1. The van der Waals surface area contributed by atoms with Crippen molar-refractivity contribution >= 4 is 0 Å². The van der Waals surface area contributed by atoms with E-state index in [1.165, 1.54) is 11.3 Å². The molecule has 0 aliphatic carbocycles. The van der Waals surface area contributed by atoms with Crippen molar-refractivity contribution in [3.63, 3.8) is 0 Å². The number of hydrogen-bond acceptors (Lipinski definition) is 4. The van der Waals surface area contributed by atoms with Crippen LogP contribution in [0.5, 0.6) is 0 Å². The average molecular weight is 294 g/mol. The summed E-state index contributed by atoms with van der Waals surface area (Å²) in [5, 5.41) is 4.14. The molecule has 2 aromatic heterocycles. The predicted octanol–water partition coefficient (Wildman–Crippen LogP) is 2.78. The fourth-order valence-corrected chi connectivity index (χ4v) is 3.02. The van der Waals surface area contributed by atoms with E-state index in [0.717, 1.165) is 43.9 Å². The summed E-state index contributed by atoms with van der Waals surface area (Å²) in [6.45, 7) is 0.974. The van der Waals surface area contributed by atoms with Gasteiger partial charge in [-0.05, 0) is 18.4 Å². The van der Waals surface area contributed by atoms with E-state index in [0.29, 0.717) is 5.92 Å². The molecule has 0 amide bonds. The van der Waals surface area contributed by atoms with Gasteiger partial charge in [0.05, 0.1) is 6.33 Å². The fourth-order valence-electron chi connectivity index (χ4n) is 3.02. The Morgan fingerprint density at radius 1 is 1.18 bits per heavy atom. The van der Waals surface area contributed by atoms with Gasteiger partial charge in [0.2, 0.25) is 5.89 Å². The molecule has 1 aliphatic rings. The second-order valence-corrected chi connectivity index (χ2v) is 5.80. The van der Waals surface area contributed by atoms with Gasteiger partial charge in [0.15, 0.2) is 5.82 Å². The van der Waals surface area contributed by atoms with Gasteiger partial charge in [0, 0.05) is 37.2 Å². The number of aromatic nitrogens is 4. The van der Waals surface area contributed by atoms with E-state index in [9.17, 15) is 0 Å². The minimum absolute atomic E-state index is 0.321. The average Bonchev–Trinajstić information content (AvgIpc) is 3.22. The highest BCUT2D eigenvalue weighted by Crippen LogP contribution is 2.28. The Bertz CT molecular complexity index is 747. The van der Waals surface area contributed by atoms with Crippen LogP contribution >= 0.6 is 0 Å². The Morgan fingerprint density at radius 2 is 2.09 bits per heavy atom. The molecular weight excluding hydrogens is 276 g/mol. The third kappa shape index (κ3) is 2.66. The summed E-state index contributed by atoms with van der Waals surface area (Å²) in [4.78, 5) is 8.80. The molecule has 3 aromatic rings. The highest BCUT2D eigenvalue weighted by atomic mass is 16.5. The number of aryl methyl sites for hydroxylation is 3. The summed E-state index contributed by atoms with van der Waals surface area (Å²) >= 11 is 0. The summed E-state index contributed by atoms with van der Waals surface area (Å²) in [6, 6.07) is 10.4. The summed E-state index contributed by atoms with van der Waals surface area (Å²) in [5.74, 6) is 1.90. The van der Waals surface area contributed by atoms with Crippen LogP contribution in [0.4, 0.5) is 0 Å². The summed E-state index contributed by atoms with van der Waals surface area (Å²) in [7, 11) is 0. The van der Waals surface area contributed by atoms with Crippen molar-refractivity contribution in [1.82, 2.24) is 19.7 Å². The molecule has 4 rings (SSSR count). The Morgan fingerprint density at radius 3 is 3.00 bits per heavy atom. The van der Waals surface area contributed by atoms with Crippen LogP contribution in [0.15, 0.2) is 47.4 Å². The van der Waals surface area contributed by atoms with Gasteiger partial charge in [-0.15, -0.1) is 0 Å². The van der Waals surface area contributed by atoms with Crippen molar-refractivity contribution in [2.75, 3.05) is 0 Å². The zero-order valence-corrected chi connectivity index (χ0v) is 12.4. The molecule has 3 heterocycles. The second kappa shape index (κ2) is 5.75. The van der Waals surface area contributed by atoms with Crippen LogP contribution in [-0.4, -0.2) is 19.7 Å². The van der Waals surface area contributed by atoms with E-state index in [1.807, 2.05) is 18.6 Å². The molecule has 1 unspecified atom stereocenters. The third-order valence-corrected chi connectivity index (χ3v) is 4.29. The zero-order valence-electron chi connectivity index (χ0n) is 12.4. The monoisotopic (exact) mass is 294 g/mol. The molecule has 1 aliphatic heterocycles. The van der Waals surface area contributed by atoms with Crippen LogP contribution in [-0.2, 0) is 25.8 Å². The minimum atomic E-state index is 0.321. The zero-order chi connectivity index (χ0) is 14.8. The standard InChI is InChI=1S/C17H18N4O/c1-2-4-13(5-3-1)6-7-16-19-17(22-20-16)14-8-9-21-12-18-11-15(21)10-14/h1-5,11-12,14H,6-10H2. The lowest BCUT2D eigenvalue weighted by Gasteiger charge is -2.20. The fraction of sp³-hybridized carbons (Fsp3) is 0.353. The molecule has 1 aromatic carbocycles. The maximum Gasteiger partial charge on any atom is 0.230 e. The van der Waals surface area contributed by atoms with E-state index in [2.05, 4.69) is 44.0 Å². The lowest BCUT2D eigenvalue weighted by molar-refractivity contribution is 0.323. The van der Waals surface area contributed by atoms with Crippen LogP contribution in [0.25, 0.3) is 0 Å². The number of rotatable bonds is 4. The molecular formula is C17H18N4O. The Labute approximate surface area is 129 Å². The summed E-state index contributed by atoms with van der Waals surface area (Å²) < 4.78 is 7.69. The van der Waals surface area contributed by atoms with Crippen molar-refractivity contribution in [2.24, 2.45) is 0 Å². The van der Waals surface area contributed by atoms with Gasteiger partial charge in [-0.2, -0.15) is 4.98 Å². The largest absolute Gasteiger partial charge is 0.339 e. The summed E-state index contributed by atoms with van der Waals surface area (Å²) in [6.07, 6.45) is 7.54. The van der Waals surface area contributed by atoms with Crippen molar-refractivity contribution in [1.29, 1.82) is 0 Å².